The highest BCUT2D eigenvalue weighted by atomic mass is 19.1. The largest absolute Gasteiger partial charge is 0.271 e. The topological polar surface area (TPSA) is 59.3 Å². The minimum absolute atomic E-state index is 0.262. The van der Waals surface area contributed by atoms with Crippen molar-refractivity contribution in [2.75, 3.05) is 0 Å². The average Bonchev–Trinajstić information content (AvgIpc) is 2.68. The van der Waals surface area contributed by atoms with Crippen LogP contribution < -0.4 is 5.43 Å². The first kappa shape index (κ1) is 14.9. The van der Waals surface area contributed by atoms with Gasteiger partial charge in [-0.05, 0) is 44.0 Å². The Kier molecular flexibility index (Phi) is 4.16. The first-order chi connectivity index (χ1) is 9.90. The van der Waals surface area contributed by atoms with E-state index in [1.807, 2.05) is 19.9 Å². The second kappa shape index (κ2) is 5.87. The summed E-state index contributed by atoms with van der Waals surface area (Å²) in [6.45, 7) is 5.59. The van der Waals surface area contributed by atoms with Crippen LogP contribution in [0.4, 0.5) is 4.39 Å². The summed E-state index contributed by atoms with van der Waals surface area (Å²) in [6.07, 6.45) is 1.26. The van der Waals surface area contributed by atoms with Gasteiger partial charge in [0.1, 0.15) is 0 Å². The van der Waals surface area contributed by atoms with E-state index in [4.69, 9.17) is 0 Å². The van der Waals surface area contributed by atoms with Crippen molar-refractivity contribution in [2.24, 2.45) is 12.1 Å². The number of rotatable bonds is 3. The molecule has 0 fully saturated rings. The van der Waals surface area contributed by atoms with E-state index in [9.17, 15) is 9.18 Å². The standard InChI is InChI=1S/C15H17FN4O/c1-9-5-6-12(7-10(9)2)15(21)18-17-8-13-11(3)19-20(4)14(13)16/h5-8H,1-4H3,(H,18,21)/b17-8+. The first-order valence-corrected chi connectivity index (χ1v) is 6.50. The molecule has 0 saturated carbocycles. The lowest BCUT2D eigenvalue weighted by Gasteiger charge is -2.03. The Hall–Kier alpha value is -2.50. The summed E-state index contributed by atoms with van der Waals surface area (Å²) in [4.78, 5) is 11.9. The molecule has 6 heteroatoms. The fraction of sp³-hybridized carbons (Fsp3) is 0.267. The van der Waals surface area contributed by atoms with E-state index < -0.39 is 5.95 Å². The third-order valence-electron chi connectivity index (χ3n) is 3.32. The van der Waals surface area contributed by atoms with Crippen LogP contribution in [0.1, 0.15) is 32.7 Å². The molecule has 21 heavy (non-hydrogen) atoms. The lowest BCUT2D eigenvalue weighted by atomic mass is 10.1. The van der Waals surface area contributed by atoms with Gasteiger partial charge in [0.25, 0.3) is 5.91 Å². The Morgan fingerprint density at radius 1 is 1.33 bits per heavy atom. The molecule has 1 N–H and O–H groups in total. The van der Waals surface area contributed by atoms with Crippen molar-refractivity contribution >= 4 is 12.1 Å². The van der Waals surface area contributed by atoms with Crippen LogP contribution >= 0.6 is 0 Å². The summed E-state index contributed by atoms with van der Waals surface area (Å²) in [5.41, 5.74) is 5.81. The van der Waals surface area contributed by atoms with E-state index in [0.29, 0.717) is 11.3 Å². The second-order valence-electron chi connectivity index (χ2n) is 4.91. The van der Waals surface area contributed by atoms with Crippen LogP contribution in [0.25, 0.3) is 0 Å². The number of carbonyl (C=O) groups excluding carboxylic acids is 1. The summed E-state index contributed by atoms with van der Waals surface area (Å²) in [5, 5.41) is 7.71. The number of hydrogen-bond donors (Lipinski definition) is 1. The number of benzene rings is 1. The van der Waals surface area contributed by atoms with Crippen LogP contribution in [0.15, 0.2) is 23.3 Å². The van der Waals surface area contributed by atoms with Gasteiger partial charge in [0.05, 0.1) is 17.5 Å². The van der Waals surface area contributed by atoms with Crippen molar-refractivity contribution in [1.29, 1.82) is 0 Å². The van der Waals surface area contributed by atoms with E-state index in [0.717, 1.165) is 15.8 Å². The summed E-state index contributed by atoms with van der Waals surface area (Å²) in [5.74, 6) is -0.826. The third kappa shape index (κ3) is 3.16. The number of aromatic nitrogens is 2. The van der Waals surface area contributed by atoms with Gasteiger partial charge in [-0.25, -0.2) is 10.1 Å². The molecule has 0 unspecified atom stereocenters. The number of nitrogens with zero attached hydrogens (tertiary/aromatic N) is 3. The molecule has 0 aliphatic carbocycles. The zero-order valence-corrected chi connectivity index (χ0v) is 12.4. The molecule has 0 atom stereocenters. The molecule has 0 aliphatic heterocycles. The van der Waals surface area contributed by atoms with Crippen LogP contribution in [0, 0.1) is 26.7 Å². The Morgan fingerprint density at radius 3 is 2.62 bits per heavy atom. The minimum atomic E-state index is -0.489. The number of halogens is 1. The van der Waals surface area contributed by atoms with E-state index in [1.165, 1.54) is 13.3 Å². The zero-order valence-electron chi connectivity index (χ0n) is 12.4. The molecule has 0 bridgehead atoms. The van der Waals surface area contributed by atoms with Crippen molar-refractivity contribution < 1.29 is 9.18 Å². The second-order valence-corrected chi connectivity index (χ2v) is 4.91. The summed E-state index contributed by atoms with van der Waals surface area (Å²) in [7, 11) is 1.51. The molecule has 1 amide bonds. The van der Waals surface area contributed by atoms with Crippen molar-refractivity contribution in [3.8, 4) is 0 Å². The Labute approximate surface area is 122 Å². The maximum atomic E-state index is 13.7. The van der Waals surface area contributed by atoms with Gasteiger partial charge in [0.15, 0.2) is 0 Å². The number of nitrogens with one attached hydrogen (secondary N) is 1. The van der Waals surface area contributed by atoms with Gasteiger partial charge in [0, 0.05) is 12.6 Å². The lowest BCUT2D eigenvalue weighted by Crippen LogP contribution is -2.18. The fourth-order valence-electron chi connectivity index (χ4n) is 1.90. The highest BCUT2D eigenvalue weighted by Crippen LogP contribution is 2.10. The van der Waals surface area contributed by atoms with Crippen LogP contribution in [-0.4, -0.2) is 21.9 Å². The minimum Gasteiger partial charge on any atom is -0.267 e. The molecule has 5 nitrogen and oxygen atoms in total. The molecule has 1 aromatic heterocycles. The van der Waals surface area contributed by atoms with Crippen molar-refractivity contribution in [3.05, 3.63) is 52.1 Å². The van der Waals surface area contributed by atoms with E-state index in [1.54, 1.807) is 19.1 Å². The van der Waals surface area contributed by atoms with Gasteiger partial charge >= 0.3 is 0 Å². The summed E-state index contributed by atoms with van der Waals surface area (Å²) < 4.78 is 14.8. The summed E-state index contributed by atoms with van der Waals surface area (Å²) >= 11 is 0. The molecule has 2 rings (SSSR count). The maximum Gasteiger partial charge on any atom is 0.271 e. The molecule has 110 valence electrons. The van der Waals surface area contributed by atoms with Gasteiger partial charge in [-0.3, -0.25) is 4.79 Å². The highest BCUT2D eigenvalue weighted by molar-refractivity contribution is 5.95. The van der Waals surface area contributed by atoms with E-state index in [2.05, 4.69) is 15.6 Å². The molecular weight excluding hydrogens is 271 g/mol. The number of amides is 1. The molecule has 2 aromatic rings. The molecular formula is C15H17FN4O. The predicted molar refractivity (Wildman–Crippen MR) is 78.9 cm³/mol. The molecule has 0 aliphatic rings. The van der Waals surface area contributed by atoms with Crippen molar-refractivity contribution in [1.82, 2.24) is 15.2 Å². The van der Waals surface area contributed by atoms with Gasteiger partial charge in [0.2, 0.25) is 5.95 Å². The van der Waals surface area contributed by atoms with Gasteiger partial charge in [-0.15, -0.1) is 0 Å². The maximum absolute atomic E-state index is 13.7. The molecule has 0 saturated heterocycles. The van der Waals surface area contributed by atoms with Gasteiger partial charge in [-0.2, -0.15) is 14.6 Å². The van der Waals surface area contributed by atoms with Crippen LogP contribution in [0.3, 0.4) is 0 Å². The quantitative estimate of drug-likeness (QED) is 0.695. The van der Waals surface area contributed by atoms with Crippen molar-refractivity contribution in [3.63, 3.8) is 0 Å². The number of hydrogen-bond acceptors (Lipinski definition) is 3. The van der Waals surface area contributed by atoms with Crippen LogP contribution in [0.5, 0.6) is 0 Å². The fourth-order valence-corrected chi connectivity index (χ4v) is 1.90. The zero-order chi connectivity index (χ0) is 15.6. The number of aryl methyl sites for hydroxylation is 4. The van der Waals surface area contributed by atoms with E-state index in [-0.39, 0.29) is 11.5 Å². The Balaban J connectivity index is 2.10. The lowest BCUT2D eigenvalue weighted by molar-refractivity contribution is 0.0955. The highest BCUT2D eigenvalue weighted by Gasteiger charge is 2.11. The first-order valence-electron chi connectivity index (χ1n) is 6.50. The third-order valence-corrected chi connectivity index (χ3v) is 3.32. The van der Waals surface area contributed by atoms with Gasteiger partial charge < -0.3 is 0 Å². The van der Waals surface area contributed by atoms with Crippen LogP contribution in [-0.2, 0) is 7.05 Å². The predicted octanol–water partition coefficient (Wildman–Crippen LogP) is 2.25. The Bertz CT molecular complexity index is 719. The SMILES string of the molecule is Cc1ccc(C(=O)N/N=C/c2c(C)nn(C)c2F)cc1C. The number of carbonyl (C=O) groups is 1. The van der Waals surface area contributed by atoms with Gasteiger partial charge in [-0.1, -0.05) is 6.07 Å². The molecule has 1 aromatic carbocycles. The van der Waals surface area contributed by atoms with Crippen molar-refractivity contribution in [2.45, 2.75) is 20.8 Å². The summed E-state index contributed by atoms with van der Waals surface area (Å²) in [6, 6.07) is 5.39. The normalized spacial score (nSPS) is 11.1. The monoisotopic (exact) mass is 288 g/mol. The smallest absolute Gasteiger partial charge is 0.267 e. The van der Waals surface area contributed by atoms with Crippen LogP contribution in [0.2, 0.25) is 0 Å². The number of hydrazone groups is 1. The molecule has 1 heterocycles. The Morgan fingerprint density at radius 2 is 2.05 bits per heavy atom. The molecule has 0 spiro atoms. The molecule has 0 radical (unpaired) electrons. The average molecular weight is 288 g/mol. The van der Waals surface area contributed by atoms with E-state index >= 15 is 0 Å².